The average Bonchev–Trinajstić information content (AvgIpc) is 2.23. The van der Waals surface area contributed by atoms with E-state index in [4.69, 9.17) is 4.74 Å². The van der Waals surface area contributed by atoms with Crippen molar-refractivity contribution >= 4 is 11.7 Å². The van der Waals surface area contributed by atoms with Gasteiger partial charge in [-0.2, -0.15) is 0 Å². The van der Waals surface area contributed by atoms with E-state index >= 15 is 0 Å². The van der Waals surface area contributed by atoms with Crippen molar-refractivity contribution in [1.82, 2.24) is 0 Å². The molecular formula is C10H9NO3. The zero-order valence-electron chi connectivity index (χ0n) is 7.69. The molecule has 1 aromatic carbocycles. The van der Waals surface area contributed by atoms with Gasteiger partial charge in [-0.1, -0.05) is 29.4 Å². The summed E-state index contributed by atoms with van der Waals surface area (Å²) in [5.74, 6) is -0.439. The van der Waals surface area contributed by atoms with E-state index in [1.165, 1.54) is 7.11 Å². The van der Waals surface area contributed by atoms with Crippen LogP contribution in [0.3, 0.4) is 0 Å². The molecule has 0 bridgehead atoms. The van der Waals surface area contributed by atoms with Gasteiger partial charge in [-0.05, 0) is 5.56 Å². The molecule has 72 valence electrons. The molecule has 0 saturated heterocycles. The molecule has 1 aromatic rings. The van der Waals surface area contributed by atoms with Crippen LogP contribution < -0.4 is 0 Å². The Morgan fingerprint density at radius 3 is 3.00 bits per heavy atom. The summed E-state index contributed by atoms with van der Waals surface area (Å²) >= 11 is 0. The van der Waals surface area contributed by atoms with E-state index in [0.29, 0.717) is 6.61 Å². The van der Waals surface area contributed by atoms with Crippen molar-refractivity contribution in [2.75, 3.05) is 7.11 Å². The van der Waals surface area contributed by atoms with Gasteiger partial charge < -0.3 is 9.57 Å². The van der Waals surface area contributed by atoms with Crippen LogP contribution in [0, 0.1) is 0 Å². The van der Waals surface area contributed by atoms with Crippen molar-refractivity contribution in [3.05, 3.63) is 35.4 Å². The molecule has 0 amide bonds. The molecule has 0 atom stereocenters. The van der Waals surface area contributed by atoms with Crippen LogP contribution in [0.4, 0.5) is 0 Å². The molecule has 0 aliphatic carbocycles. The third-order valence-corrected chi connectivity index (χ3v) is 2.01. The number of hydrogen-bond donors (Lipinski definition) is 0. The van der Waals surface area contributed by atoms with Crippen LogP contribution in [-0.4, -0.2) is 18.8 Å². The van der Waals surface area contributed by atoms with Crippen molar-refractivity contribution in [3.8, 4) is 0 Å². The van der Waals surface area contributed by atoms with Gasteiger partial charge in [0.25, 0.3) is 0 Å². The van der Waals surface area contributed by atoms with Crippen molar-refractivity contribution in [3.63, 3.8) is 0 Å². The van der Waals surface area contributed by atoms with Crippen LogP contribution in [0.25, 0.3) is 0 Å². The molecule has 0 spiro atoms. The monoisotopic (exact) mass is 191 g/mol. The summed E-state index contributed by atoms with van der Waals surface area (Å²) in [7, 11) is 1.40. The van der Waals surface area contributed by atoms with Gasteiger partial charge in [0.05, 0.1) is 0 Å². The largest absolute Gasteiger partial charge is 0.456 e. The second-order valence-electron chi connectivity index (χ2n) is 2.86. The quantitative estimate of drug-likeness (QED) is 0.493. The molecule has 4 heteroatoms. The summed E-state index contributed by atoms with van der Waals surface area (Å²) in [4.78, 5) is 15.9. The molecule has 0 N–H and O–H groups in total. The number of carbonyl (C=O) groups excluding carboxylic acids is 1. The standard InChI is InChI=1S/C10H9NO3/c1-13-11-9-8-5-3-2-4-7(8)6-14-10(9)12/h2-5H,6H2,1H3. The zero-order valence-corrected chi connectivity index (χ0v) is 7.69. The number of hydrogen-bond acceptors (Lipinski definition) is 4. The van der Waals surface area contributed by atoms with Crippen LogP contribution in [0.2, 0.25) is 0 Å². The number of cyclic esters (lactones) is 1. The molecule has 0 aromatic heterocycles. The van der Waals surface area contributed by atoms with Crippen molar-refractivity contribution in [1.29, 1.82) is 0 Å². The summed E-state index contributed by atoms with van der Waals surface area (Å²) in [5, 5.41) is 3.65. The Morgan fingerprint density at radius 2 is 2.21 bits per heavy atom. The van der Waals surface area contributed by atoms with Crippen molar-refractivity contribution in [2.24, 2.45) is 5.16 Å². The van der Waals surface area contributed by atoms with Crippen LogP contribution in [0.15, 0.2) is 29.4 Å². The van der Waals surface area contributed by atoms with E-state index in [2.05, 4.69) is 9.99 Å². The van der Waals surface area contributed by atoms with E-state index in [1.54, 1.807) is 0 Å². The Kier molecular flexibility index (Phi) is 2.18. The molecule has 0 saturated carbocycles. The number of fused-ring (bicyclic) bond motifs is 1. The van der Waals surface area contributed by atoms with Gasteiger partial charge in [0, 0.05) is 5.56 Å². The smallest absolute Gasteiger partial charge is 0.361 e. The Morgan fingerprint density at radius 1 is 1.43 bits per heavy atom. The van der Waals surface area contributed by atoms with Crippen LogP contribution in [0.5, 0.6) is 0 Å². The van der Waals surface area contributed by atoms with Gasteiger partial charge in [0.2, 0.25) is 0 Å². The van der Waals surface area contributed by atoms with E-state index in [0.717, 1.165) is 11.1 Å². The highest BCUT2D eigenvalue weighted by Crippen LogP contribution is 2.17. The summed E-state index contributed by atoms with van der Waals surface area (Å²) in [6.45, 7) is 0.303. The van der Waals surface area contributed by atoms with Gasteiger partial charge in [0.15, 0.2) is 5.71 Å². The third-order valence-electron chi connectivity index (χ3n) is 2.01. The number of benzene rings is 1. The molecule has 1 aliphatic heterocycles. The average molecular weight is 191 g/mol. The van der Waals surface area contributed by atoms with Crippen LogP contribution in [-0.2, 0) is 21.0 Å². The molecule has 2 rings (SSSR count). The first-order chi connectivity index (χ1) is 6.83. The SMILES string of the molecule is CON=C1C(=O)OCc2ccccc21. The number of nitrogens with zero attached hydrogens (tertiary/aromatic N) is 1. The van der Waals surface area contributed by atoms with Gasteiger partial charge in [-0.3, -0.25) is 0 Å². The maximum atomic E-state index is 11.3. The first kappa shape index (κ1) is 8.74. The fourth-order valence-corrected chi connectivity index (χ4v) is 1.38. The van der Waals surface area contributed by atoms with Crippen LogP contribution >= 0.6 is 0 Å². The Labute approximate surface area is 81.1 Å². The van der Waals surface area contributed by atoms with Gasteiger partial charge in [-0.15, -0.1) is 0 Å². The van der Waals surface area contributed by atoms with E-state index in [-0.39, 0.29) is 5.71 Å². The van der Waals surface area contributed by atoms with E-state index in [9.17, 15) is 4.79 Å². The van der Waals surface area contributed by atoms with Gasteiger partial charge in [-0.25, -0.2) is 4.79 Å². The summed E-state index contributed by atoms with van der Waals surface area (Å²) in [6, 6.07) is 7.46. The molecular weight excluding hydrogens is 182 g/mol. The predicted molar refractivity (Wildman–Crippen MR) is 49.8 cm³/mol. The highest BCUT2D eigenvalue weighted by molar-refractivity contribution is 6.44. The molecule has 14 heavy (non-hydrogen) atoms. The highest BCUT2D eigenvalue weighted by Gasteiger charge is 2.24. The Balaban J connectivity index is 2.52. The predicted octanol–water partition coefficient (Wildman–Crippen LogP) is 1.09. The Hall–Kier alpha value is -1.84. The molecule has 0 unspecified atom stereocenters. The first-order valence-corrected chi connectivity index (χ1v) is 4.19. The maximum absolute atomic E-state index is 11.3. The van der Waals surface area contributed by atoms with Gasteiger partial charge >= 0.3 is 5.97 Å². The lowest BCUT2D eigenvalue weighted by molar-refractivity contribution is -0.137. The number of oxime groups is 1. The van der Waals surface area contributed by atoms with E-state index < -0.39 is 5.97 Å². The normalized spacial score (nSPS) is 17.5. The second-order valence-corrected chi connectivity index (χ2v) is 2.86. The summed E-state index contributed by atoms with van der Waals surface area (Å²) in [6.07, 6.45) is 0. The second kappa shape index (κ2) is 3.49. The molecule has 4 nitrogen and oxygen atoms in total. The Bertz CT molecular complexity index is 398. The summed E-state index contributed by atoms with van der Waals surface area (Å²) in [5.41, 5.74) is 1.96. The lowest BCUT2D eigenvalue weighted by atomic mass is 10.0. The summed E-state index contributed by atoms with van der Waals surface area (Å²) < 4.78 is 4.92. The first-order valence-electron chi connectivity index (χ1n) is 4.19. The lowest BCUT2D eigenvalue weighted by Gasteiger charge is -2.16. The number of esters is 1. The topological polar surface area (TPSA) is 47.9 Å². The minimum Gasteiger partial charge on any atom is -0.456 e. The zero-order chi connectivity index (χ0) is 9.97. The van der Waals surface area contributed by atoms with Crippen LogP contribution in [0.1, 0.15) is 11.1 Å². The number of rotatable bonds is 1. The fraction of sp³-hybridized carbons (Fsp3) is 0.200. The van der Waals surface area contributed by atoms with E-state index in [1.807, 2.05) is 24.3 Å². The van der Waals surface area contributed by atoms with Crippen molar-refractivity contribution < 1.29 is 14.4 Å². The molecule has 1 aliphatic rings. The minimum atomic E-state index is -0.439. The number of ether oxygens (including phenoxy) is 1. The molecule has 0 fully saturated rings. The number of carbonyl (C=O) groups is 1. The minimum absolute atomic E-state index is 0.231. The third kappa shape index (κ3) is 1.35. The molecule has 0 radical (unpaired) electrons. The van der Waals surface area contributed by atoms with Gasteiger partial charge in [0.1, 0.15) is 13.7 Å². The maximum Gasteiger partial charge on any atom is 0.361 e. The fourth-order valence-electron chi connectivity index (χ4n) is 1.38. The molecule has 1 heterocycles. The highest BCUT2D eigenvalue weighted by atomic mass is 16.6. The lowest BCUT2D eigenvalue weighted by Crippen LogP contribution is -2.25. The van der Waals surface area contributed by atoms with Crippen molar-refractivity contribution in [2.45, 2.75) is 6.61 Å².